The predicted octanol–water partition coefficient (Wildman–Crippen LogP) is 1.85. The molecule has 1 saturated heterocycles. The number of halogens is 1. The summed E-state index contributed by atoms with van der Waals surface area (Å²) < 4.78 is 2.60. The van der Waals surface area contributed by atoms with E-state index in [-0.39, 0.29) is 24.2 Å². The molecule has 2 amide bonds. The van der Waals surface area contributed by atoms with E-state index in [1.165, 1.54) is 0 Å². The molecule has 0 bridgehead atoms. The topological polar surface area (TPSA) is 67.2 Å². The fourth-order valence-electron chi connectivity index (χ4n) is 2.67. The monoisotopic (exact) mass is 376 g/mol. The van der Waals surface area contributed by atoms with Crippen molar-refractivity contribution in [3.8, 4) is 0 Å². The highest BCUT2D eigenvalue weighted by Crippen LogP contribution is 2.27. The largest absolute Gasteiger partial charge is 0.352 e. The van der Waals surface area contributed by atoms with Crippen LogP contribution >= 0.6 is 15.9 Å². The Balaban J connectivity index is 1.61. The highest BCUT2D eigenvalue weighted by molar-refractivity contribution is 9.10. The SMILES string of the molecule is Cn1cc(CNC(=O)C2CC(=O)N(c3cccc(Br)c3)C2)cn1. The second-order valence-electron chi connectivity index (χ2n) is 5.63. The zero-order chi connectivity index (χ0) is 16.4. The summed E-state index contributed by atoms with van der Waals surface area (Å²) in [5, 5.41) is 6.94. The number of nitrogens with one attached hydrogen (secondary N) is 1. The van der Waals surface area contributed by atoms with Gasteiger partial charge in [0.15, 0.2) is 0 Å². The molecule has 0 saturated carbocycles. The molecular formula is C16H17BrN4O2. The predicted molar refractivity (Wildman–Crippen MR) is 89.7 cm³/mol. The lowest BCUT2D eigenvalue weighted by Crippen LogP contribution is -2.32. The number of carbonyl (C=O) groups excluding carboxylic acids is 2. The van der Waals surface area contributed by atoms with Gasteiger partial charge in [-0.05, 0) is 18.2 Å². The Morgan fingerprint density at radius 1 is 1.48 bits per heavy atom. The van der Waals surface area contributed by atoms with Crippen LogP contribution in [-0.2, 0) is 23.2 Å². The summed E-state index contributed by atoms with van der Waals surface area (Å²) in [6.45, 7) is 0.836. The average molecular weight is 377 g/mol. The maximum absolute atomic E-state index is 12.3. The highest BCUT2D eigenvalue weighted by atomic mass is 79.9. The number of aromatic nitrogens is 2. The third-order valence-corrected chi connectivity index (χ3v) is 4.33. The van der Waals surface area contributed by atoms with Crippen molar-refractivity contribution < 1.29 is 9.59 Å². The van der Waals surface area contributed by atoms with Gasteiger partial charge < -0.3 is 10.2 Å². The number of nitrogens with zero attached hydrogens (tertiary/aromatic N) is 3. The number of hydrogen-bond donors (Lipinski definition) is 1. The smallest absolute Gasteiger partial charge is 0.227 e. The summed E-state index contributed by atoms with van der Waals surface area (Å²) >= 11 is 3.40. The fraction of sp³-hybridized carbons (Fsp3) is 0.312. The van der Waals surface area contributed by atoms with E-state index < -0.39 is 0 Å². The molecule has 1 aliphatic rings. The Kier molecular flexibility index (Phi) is 4.47. The first-order valence-electron chi connectivity index (χ1n) is 7.34. The first-order chi connectivity index (χ1) is 11.0. The Morgan fingerprint density at radius 3 is 3.00 bits per heavy atom. The lowest BCUT2D eigenvalue weighted by molar-refractivity contribution is -0.126. The molecule has 6 nitrogen and oxygen atoms in total. The van der Waals surface area contributed by atoms with Gasteiger partial charge in [0, 0.05) is 48.5 Å². The number of anilines is 1. The van der Waals surface area contributed by atoms with Gasteiger partial charge in [0.1, 0.15) is 0 Å². The lowest BCUT2D eigenvalue weighted by atomic mass is 10.1. The summed E-state index contributed by atoms with van der Waals surface area (Å²) in [4.78, 5) is 26.1. The van der Waals surface area contributed by atoms with Crippen molar-refractivity contribution in [2.24, 2.45) is 13.0 Å². The van der Waals surface area contributed by atoms with E-state index in [4.69, 9.17) is 0 Å². The van der Waals surface area contributed by atoms with Crippen molar-refractivity contribution in [1.29, 1.82) is 0 Å². The Bertz CT molecular complexity index is 743. The summed E-state index contributed by atoms with van der Waals surface area (Å²) in [6, 6.07) is 7.54. The van der Waals surface area contributed by atoms with Crippen LogP contribution in [0.5, 0.6) is 0 Å². The van der Waals surface area contributed by atoms with Crippen LogP contribution in [0.2, 0.25) is 0 Å². The molecule has 1 N–H and O–H groups in total. The number of hydrogen-bond acceptors (Lipinski definition) is 3. The minimum Gasteiger partial charge on any atom is -0.352 e. The van der Waals surface area contributed by atoms with Gasteiger partial charge in [-0.3, -0.25) is 14.3 Å². The number of benzene rings is 1. The van der Waals surface area contributed by atoms with E-state index in [1.807, 2.05) is 37.5 Å². The Hall–Kier alpha value is -2.15. The molecule has 2 heterocycles. The van der Waals surface area contributed by atoms with Crippen molar-refractivity contribution in [2.75, 3.05) is 11.4 Å². The molecule has 1 aliphatic heterocycles. The van der Waals surface area contributed by atoms with E-state index in [0.717, 1.165) is 15.7 Å². The number of aryl methyl sites for hydroxylation is 1. The summed E-state index contributed by atoms with van der Waals surface area (Å²) in [5.74, 6) is -0.442. The van der Waals surface area contributed by atoms with Crippen LogP contribution in [0.25, 0.3) is 0 Å². The average Bonchev–Trinajstić information content (AvgIpc) is 3.11. The van der Waals surface area contributed by atoms with Gasteiger partial charge in [0.25, 0.3) is 0 Å². The zero-order valence-electron chi connectivity index (χ0n) is 12.7. The molecule has 23 heavy (non-hydrogen) atoms. The van der Waals surface area contributed by atoms with Crippen molar-refractivity contribution in [1.82, 2.24) is 15.1 Å². The van der Waals surface area contributed by atoms with Crippen LogP contribution in [0.4, 0.5) is 5.69 Å². The molecule has 3 rings (SSSR count). The van der Waals surface area contributed by atoms with E-state index in [1.54, 1.807) is 15.8 Å². The Morgan fingerprint density at radius 2 is 2.30 bits per heavy atom. The Labute approximate surface area is 142 Å². The second kappa shape index (κ2) is 6.54. The number of carbonyl (C=O) groups is 2. The van der Waals surface area contributed by atoms with Crippen molar-refractivity contribution in [3.63, 3.8) is 0 Å². The zero-order valence-corrected chi connectivity index (χ0v) is 14.3. The number of amides is 2. The molecule has 7 heteroatoms. The van der Waals surface area contributed by atoms with E-state index >= 15 is 0 Å². The van der Waals surface area contributed by atoms with Crippen LogP contribution in [-0.4, -0.2) is 28.1 Å². The molecule has 1 unspecified atom stereocenters. The third kappa shape index (κ3) is 3.61. The summed E-state index contributed by atoms with van der Waals surface area (Å²) in [5.41, 5.74) is 1.75. The number of rotatable bonds is 4. The van der Waals surface area contributed by atoms with E-state index in [0.29, 0.717) is 13.1 Å². The van der Waals surface area contributed by atoms with Gasteiger partial charge in [0.05, 0.1) is 12.1 Å². The first-order valence-corrected chi connectivity index (χ1v) is 8.13. The van der Waals surface area contributed by atoms with E-state index in [2.05, 4.69) is 26.3 Å². The maximum Gasteiger partial charge on any atom is 0.227 e. The lowest BCUT2D eigenvalue weighted by Gasteiger charge is -2.17. The van der Waals surface area contributed by atoms with Gasteiger partial charge in [-0.2, -0.15) is 5.10 Å². The minimum absolute atomic E-state index is 0.0235. The van der Waals surface area contributed by atoms with Crippen molar-refractivity contribution in [2.45, 2.75) is 13.0 Å². The fourth-order valence-corrected chi connectivity index (χ4v) is 3.06. The standard InChI is InChI=1S/C16H17BrN4O2/c1-20-9-11(8-19-20)7-18-16(23)12-5-15(22)21(10-12)14-4-2-3-13(17)6-14/h2-4,6,8-9,12H,5,7,10H2,1H3,(H,18,23). The molecule has 1 aromatic carbocycles. The third-order valence-electron chi connectivity index (χ3n) is 3.84. The molecule has 0 radical (unpaired) electrons. The molecule has 0 spiro atoms. The van der Waals surface area contributed by atoms with Gasteiger partial charge in [-0.25, -0.2) is 0 Å². The normalized spacial score (nSPS) is 17.6. The van der Waals surface area contributed by atoms with Crippen LogP contribution in [0, 0.1) is 5.92 Å². The highest BCUT2D eigenvalue weighted by Gasteiger charge is 2.35. The van der Waals surface area contributed by atoms with Crippen LogP contribution < -0.4 is 10.2 Å². The quantitative estimate of drug-likeness (QED) is 0.885. The van der Waals surface area contributed by atoms with Gasteiger partial charge in [0.2, 0.25) is 11.8 Å². The molecule has 0 aliphatic carbocycles. The molecular weight excluding hydrogens is 360 g/mol. The van der Waals surface area contributed by atoms with Gasteiger partial charge in [-0.15, -0.1) is 0 Å². The van der Waals surface area contributed by atoms with Crippen molar-refractivity contribution in [3.05, 3.63) is 46.7 Å². The molecule has 120 valence electrons. The molecule has 1 fully saturated rings. The maximum atomic E-state index is 12.3. The van der Waals surface area contributed by atoms with E-state index in [9.17, 15) is 9.59 Å². The van der Waals surface area contributed by atoms with Crippen LogP contribution in [0.15, 0.2) is 41.1 Å². The van der Waals surface area contributed by atoms with Crippen LogP contribution in [0.3, 0.4) is 0 Å². The minimum atomic E-state index is -0.321. The summed E-state index contributed by atoms with van der Waals surface area (Å²) in [7, 11) is 1.83. The second-order valence-corrected chi connectivity index (χ2v) is 6.54. The van der Waals surface area contributed by atoms with Gasteiger partial charge in [-0.1, -0.05) is 22.0 Å². The summed E-state index contributed by atoms with van der Waals surface area (Å²) in [6.07, 6.45) is 3.81. The van der Waals surface area contributed by atoms with Crippen molar-refractivity contribution >= 4 is 33.4 Å². The van der Waals surface area contributed by atoms with Gasteiger partial charge >= 0.3 is 0 Å². The molecule has 2 aromatic rings. The molecule has 1 aromatic heterocycles. The van der Waals surface area contributed by atoms with Crippen LogP contribution in [0.1, 0.15) is 12.0 Å². The first kappa shape index (κ1) is 15.7. The molecule has 1 atom stereocenters.